The SMILES string of the molecule is CCCCCCCCCCC/C=C/CC/C=C/C(O)C(CS(=O)(=O)O)NC(=O)C(O)CCCCCCCCCCCCCCCCCCCCCCCC. The van der Waals surface area contributed by atoms with Gasteiger partial charge in [0.05, 0.1) is 17.9 Å². The number of allylic oxidation sites excluding steroid dienone is 3. The fourth-order valence-electron chi connectivity index (χ4n) is 7.18. The summed E-state index contributed by atoms with van der Waals surface area (Å²) in [7, 11) is -4.45. The van der Waals surface area contributed by atoms with Crippen LogP contribution in [-0.4, -0.2) is 53.1 Å². The second-order valence-electron chi connectivity index (χ2n) is 16.2. The van der Waals surface area contributed by atoms with Crippen molar-refractivity contribution in [1.82, 2.24) is 5.32 Å². The minimum atomic E-state index is -4.45. The Hall–Kier alpha value is -1.22. The van der Waals surface area contributed by atoms with Crippen molar-refractivity contribution in [3.8, 4) is 0 Å². The van der Waals surface area contributed by atoms with E-state index in [9.17, 15) is 28.0 Å². The van der Waals surface area contributed by atoms with E-state index in [0.717, 1.165) is 32.1 Å². The lowest BCUT2D eigenvalue weighted by molar-refractivity contribution is -0.130. The Bertz CT molecular complexity index is 968. The number of nitrogens with one attached hydrogen (secondary N) is 1. The summed E-state index contributed by atoms with van der Waals surface area (Å²) in [5.41, 5.74) is 0. The van der Waals surface area contributed by atoms with Crippen molar-refractivity contribution < 1.29 is 28.0 Å². The lowest BCUT2D eigenvalue weighted by Crippen LogP contribution is -2.50. The van der Waals surface area contributed by atoms with Gasteiger partial charge in [-0.3, -0.25) is 9.35 Å². The van der Waals surface area contributed by atoms with Crippen molar-refractivity contribution in [2.45, 2.75) is 257 Å². The predicted molar refractivity (Wildman–Crippen MR) is 232 cm³/mol. The van der Waals surface area contributed by atoms with Gasteiger partial charge < -0.3 is 15.5 Å². The maximum atomic E-state index is 12.6. The maximum Gasteiger partial charge on any atom is 0.267 e. The summed E-state index contributed by atoms with van der Waals surface area (Å²) in [6, 6.07) is -1.25. The summed E-state index contributed by atoms with van der Waals surface area (Å²) < 4.78 is 32.6. The average Bonchev–Trinajstić information content (AvgIpc) is 3.14. The molecule has 0 bridgehead atoms. The Morgan fingerprint density at radius 1 is 0.500 bits per heavy atom. The molecule has 0 heterocycles. The highest BCUT2D eigenvalue weighted by molar-refractivity contribution is 7.85. The van der Waals surface area contributed by atoms with Crippen LogP contribution in [0.4, 0.5) is 0 Å². The normalized spacial score (nSPS) is 13.9. The highest BCUT2D eigenvalue weighted by atomic mass is 32.2. The first-order chi connectivity index (χ1) is 26.2. The van der Waals surface area contributed by atoms with Crippen LogP contribution < -0.4 is 5.32 Å². The van der Waals surface area contributed by atoms with E-state index in [0.29, 0.717) is 12.8 Å². The highest BCUT2D eigenvalue weighted by Crippen LogP contribution is 2.16. The summed E-state index contributed by atoms with van der Waals surface area (Å²) >= 11 is 0. The van der Waals surface area contributed by atoms with E-state index in [1.54, 1.807) is 6.08 Å². The van der Waals surface area contributed by atoms with Crippen molar-refractivity contribution in [2.75, 3.05) is 5.75 Å². The molecule has 0 saturated carbocycles. The van der Waals surface area contributed by atoms with Gasteiger partial charge in [0.15, 0.2) is 0 Å². The molecule has 54 heavy (non-hydrogen) atoms. The number of aliphatic hydroxyl groups excluding tert-OH is 2. The Labute approximate surface area is 335 Å². The molecule has 3 unspecified atom stereocenters. The molecule has 320 valence electrons. The first-order valence-electron chi connectivity index (χ1n) is 23.1. The van der Waals surface area contributed by atoms with Crippen LogP contribution >= 0.6 is 0 Å². The van der Waals surface area contributed by atoms with E-state index in [-0.39, 0.29) is 6.42 Å². The second kappa shape index (κ2) is 40.0. The van der Waals surface area contributed by atoms with Gasteiger partial charge in [0.25, 0.3) is 10.1 Å². The largest absolute Gasteiger partial charge is 0.387 e. The van der Waals surface area contributed by atoms with Gasteiger partial charge in [0.2, 0.25) is 5.91 Å². The molecule has 0 aromatic heterocycles. The van der Waals surface area contributed by atoms with E-state index in [2.05, 4.69) is 31.3 Å². The standard InChI is InChI=1S/C46H89NO6S/c1-3-5-7-9-11-13-15-17-19-20-21-22-23-24-25-27-29-31-33-35-37-39-41-45(49)46(50)47-43(42-54(51,52)53)44(48)40-38-36-34-32-30-28-26-18-16-14-12-10-8-6-4-2/h30,32,38,40,43-45,48-49H,3-29,31,33-37,39,41-42H2,1-2H3,(H,47,50)(H,51,52,53)/b32-30+,40-38+. The average molecular weight is 784 g/mol. The molecule has 0 aliphatic rings. The molecular formula is C46H89NO6S. The number of amides is 1. The number of carbonyl (C=O) groups excluding carboxylic acids is 1. The van der Waals surface area contributed by atoms with Crippen molar-refractivity contribution in [2.24, 2.45) is 0 Å². The Morgan fingerprint density at radius 3 is 1.22 bits per heavy atom. The van der Waals surface area contributed by atoms with Gasteiger partial charge in [-0.1, -0.05) is 231 Å². The molecule has 0 aromatic rings. The number of hydrogen-bond donors (Lipinski definition) is 4. The third kappa shape index (κ3) is 39.0. The topological polar surface area (TPSA) is 124 Å². The number of aliphatic hydroxyl groups is 2. The van der Waals surface area contributed by atoms with Gasteiger partial charge >= 0.3 is 0 Å². The van der Waals surface area contributed by atoms with E-state index < -0.39 is 40.0 Å². The van der Waals surface area contributed by atoms with E-state index in [1.165, 1.54) is 179 Å². The molecule has 4 N–H and O–H groups in total. The molecule has 0 saturated heterocycles. The summed E-state index contributed by atoms with van der Waals surface area (Å²) in [6.45, 7) is 4.52. The first-order valence-corrected chi connectivity index (χ1v) is 24.8. The fraction of sp³-hybridized carbons (Fsp3) is 0.891. The van der Waals surface area contributed by atoms with Crippen LogP contribution in [0.2, 0.25) is 0 Å². The lowest BCUT2D eigenvalue weighted by atomic mass is 10.0. The van der Waals surface area contributed by atoms with E-state index in [1.807, 2.05) is 0 Å². The molecule has 0 fully saturated rings. The zero-order valence-electron chi connectivity index (χ0n) is 35.5. The van der Waals surface area contributed by atoms with Crippen molar-refractivity contribution in [3.05, 3.63) is 24.3 Å². The van der Waals surface area contributed by atoms with Gasteiger partial charge in [-0.2, -0.15) is 8.42 Å². The third-order valence-corrected chi connectivity index (χ3v) is 11.5. The van der Waals surface area contributed by atoms with Crippen LogP contribution in [-0.2, 0) is 14.9 Å². The first kappa shape index (κ1) is 52.8. The quantitative estimate of drug-likeness (QED) is 0.0278. The highest BCUT2D eigenvalue weighted by Gasteiger charge is 2.27. The zero-order valence-corrected chi connectivity index (χ0v) is 36.3. The fourth-order valence-corrected chi connectivity index (χ4v) is 7.91. The lowest BCUT2D eigenvalue weighted by Gasteiger charge is -2.22. The van der Waals surface area contributed by atoms with Gasteiger partial charge in [-0.15, -0.1) is 0 Å². The summed E-state index contributed by atoms with van der Waals surface area (Å²) in [6.07, 6.45) is 48.2. The van der Waals surface area contributed by atoms with Gasteiger partial charge in [0, 0.05) is 0 Å². The third-order valence-electron chi connectivity index (χ3n) is 10.7. The molecule has 0 aliphatic carbocycles. The van der Waals surface area contributed by atoms with Gasteiger partial charge in [-0.25, -0.2) is 0 Å². The summed E-state index contributed by atoms with van der Waals surface area (Å²) in [4.78, 5) is 12.6. The number of carbonyl (C=O) groups is 1. The van der Waals surface area contributed by atoms with Crippen LogP contribution in [0, 0.1) is 0 Å². The molecule has 8 heteroatoms. The molecule has 7 nitrogen and oxygen atoms in total. The molecule has 0 aromatic carbocycles. The van der Waals surface area contributed by atoms with Crippen LogP contribution in [0.1, 0.15) is 239 Å². The van der Waals surface area contributed by atoms with Crippen molar-refractivity contribution in [1.29, 1.82) is 0 Å². The molecule has 1 amide bonds. The summed E-state index contributed by atoms with van der Waals surface area (Å²) in [5, 5.41) is 23.4. The van der Waals surface area contributed by atoms with Crippen LogP contribution in [0.15, 0.2) is 24.3 Å². The molecule has 0 spiro atoms. The minimum Gasteiger partial charge on any atom is -0.387 e. The Balaban J connectivity index is 3.93. The number of rotatable bonds is 42. The Kier molecular flexibility index (Phi) is 39.1. The zero-order chi connectivity index (χ0) is 39.8. The van der Waals surface area contributed by atoms with Crippen molar-refractivity contribution >= 4 is 16.0 Å². The van der Waals surface area contributed by atoms with Crippen LogP contribution in [0.5, 0.6) is 0 Å². The summed E-state index contributed by atoms with van der Waals surface area (Å²) in [5.74, 6) is -1.55. The van der Waals surface area contributed by atoms with Gasteiger partial charge in [0.1, 0.15) is 6.10 Å². The number of unbranched alkanes of at least 4 members (excludes halogenated alkanes) is 31. The predicted octanol–water partition coefficient (Wildman–Crippen LogP) is 12.9. The smallest absolute Gasteiger partial charge is 0.267 e. The van der Waals surface area contributed by atoms with Crippen LogP contribution in [0.25, 0.3) is 0 Å². The molecule has 0 aliphatic heterocycles. The maximum absolute atomic E-state index is 12.6. The minimum absolute atomic E-state index is 0.279. The second-order valence-corrected chi connectivity index (χ2v) is 17.7. The molecule has 3 atom stereocenters. The Morgan fingerprint density at radius 2 is 0.833 bits per heavy atom. The van der Waals surface area contributed by atoms with Crippen LogP contribution in [0.3, 0.4) is 0 Å². The molecule has 0 radical (unpaired) electrons. The number of hydrogen-bond acceptors (Lipinski definition) is 5. The van der Waals surface area contributed by atoms with E-state index in [4.69, 9.17) is 0 Å². The monoisotopic (exact) mass is 784 g/mol. The molecular weight excluding hydrogens is 695 g/mol. The van der Waals surface area contributed by atoms with Gasteiger partial charge in [-0.05, 0) is 32.1 Å². The van der Waals surface area contributed by atoms with Crippen molar-refractivity contribution in [3.63, 3.8) is 0 Å². The van der Waals surface area contributed by atoms with E-state index >= 15 is 0 Å². The molecule has 0 rings (SSSR count).